The molecule has 0 aliphatic heterocycles. The molecule has 0 saturated carbocycles. The van der Waals surface area contributed by atoms with Gasteiger partial charge in [-0.3, -0.25) is 0 Å². The van der Waals surface area contributed by atoms with Crippen LogP contribution in [0.1, 0.15) is 25.0 Å². The monoisotopic (exact) mass is 543 g/mol. The van der Waals surface area contributed by atoms with Crippen LogP contribution in [0.2, 0.25) is 0 Å². The largest absolute Gasteiger partial charge is 0.494 e. The maximum Gasteiger partial charge on any atom is 0.203 e. The Morgan fingerprint density at radius 3 is 2.23 bits per heavy atom. The Morgan fingerprint density at radius 2 is 1.58 bits per heavy atom. The number of para-hydroxylation sites is 1. The highest BCUT2D eigenvalue weighted by Crippen LogP contribution is 2.39. The molecule has 0 unspecified atom stereocenters. The minimum absolute atomic E-state index is 0. The van der Waals surface area contributed by atoms with Gasteiger partial charge in [0, 0.05) is 24.2 Å². The van der Waals surface area contributed by atoms with Crippen molar-refractivity contribution >= 4 is 29.9 Å². The summed E-state index contributed by atoms with van der Waals surface area (Å²) in [5.74, 6) is 3.56. The minimum Gasteiger partial charge on any atom is -0.494 e. The van der Waals surface area contributed by atoms with Crippen molar-refractivity contribution < 1.29 is 18.9 Å². The first kappa shape index (κ1) is 26.7. The molecule has 0 aromatic heterocycles. The third-order valence-electron chi connectivity index (χ3n) is 4.50. The Labute approximate surface area is 202 Å². The molecule has 0 amide bonds. The molecule has 2 aromatic carbocycles. The number of hydrogen-bond donors (Lipinski definition) is 2. The molecule has 2 aromatic rings. The van der Waals surface area contributed by atoms with Gasteiger partial charge in [-0.05, 0) is 32.4 Å². The Morgan fingerprint density at radius 1 is 0.839 bits per heavy atom. The van der Waals surface area contributed by atoms with Gasteiger partial charge in [0.15, 0.2) is 17.5 Å². The lowest BCUT2D eigenvalue weighted by atomic mass is 10.1. The zero-order valence-electron chi connectivity index (χ0n) is 19.0. The lowest BCUT2D eigenvalue weighted by Gasteiger charge is -2.17. The van der Waals surface area contributed by atoms with Crippen molar-refractivity contribution in [1.29, 1.82) is 0 Å². The second kappa shape index (κ2) is 14.6. The van der Waals surface area contributed by atoms with Crippen molar-refractivity contribution in [3.05, 3.63) is 47.5 Å². The lowest BCUT2D eigenvalue weighted by Crippen LogP contribution is -2.38. The number of ether oxygens (including phenoxy) is 4. The number of halogens is 1. The predicted molar refractivity (Wildman–Crippen MR) is 136 cm³/mol. The first-order valence-electron chi connectivity index (χ1n) is 10.2. The van der Waals surface area contributed by atoms with E-state index >= 15 is 0 Å². The molecule has 2 rings (SSSR count). The van der Waals surface area contributed by atoms with E-state index in [1.54, 1.807) is 21.3 Å². The number of nitrogens with zero attached hydrogens (tertiary/aromatic N) is 1. The van der Waals surface area contributed by atoms with E-state index in [0.29, 0.717) is 36.9 Å². The van der Waals surface area contributed by atoms with Gasteiger partial charge in [-0.2, -0.15) is 0 Å². The van der Waals surface area contributed by atoms with Gasteiger partial charge in [-0.15, -0.1) is 24.0 Å². The molecule has 7 nitrogen and oxygen atoms in total. The normalized spacial score (nSPS) is 10.7. The molecule has 0 bridgehead atoms. The number of rotatable bonds is 11. The quantitative estimate of drug-likeness (QED) is 0.254. The number of benzene rings is 2. The fourth-order valence-corrected chi connectivity index (χ4v) is 3.11. The number of guanidine groups is 1. The van der Waals surface area contributed by atoms with Crippen molar-refractivity contribution in [2.24, 2.45) is 4.99 Å². The van der Waals surface area contributed by atoms with Crippen molar-refractivity contribution in [1.82, 2.24) is 10.6 Å². The predicted octanol–water partition coefficient (Wildman–Crippen LogP) is 4.03. The number of methoxy groups -OCH3 is 3. The molecule has 0 fully saturated rings. The Kier molecular flexibility index (Phi) is 12.6. The van der Waals surface area contributed by atoms with E-state index in [4.69, 9.17) is 23.9 Å². The van der Waals surface area contributed by atoms with Crippen LogP contribution in [-0.2, 0) is 13.0 Å². The summed E-state index contributed by atoms with van der Waals surface area (Å²) in [7, 11) is 4.86. The van der Waals surface area contributed by atoms with Gasteiger partial charge in [-0.25, -0.2) is 4.99 Å². The van der Waals surface area contributed by atoms with Crippen LogP contribution < -0.4 is 29.6 Å². The summed E-state index contributed by atoms with van der Waals surface area (Å²) in [6.07, 6.45) is 0.740. The lowest BCUT2D eigenvalue weighted by molar-refractivity contribution is 0.322. The summed E-state index contributed by atoms with van der Waals surface area (Å²) < 4.78 is 22.1. The number of hydrogen-bond acceptors (Lipinski definition) is 5. The van der Waals surface area contributed by atoms with Crippen LogP contribution in [0.3, 0.4) is 0 Å². The molecular weight excluding hydrogens is 509 g/mol. The van der Waals surface area contributed by atoms with Gasteiger partial charge in [0.2, 0.25) is 5.75 Å². The van der Waals surface area contributed by atoms with E-state index in [0.717, 1.165) is 35.8 Å². The molecule has 0 radical (unpaired) electrons. The number of aliphatic imine (C=N–C) groups is 1. The fraction of sp³-hybridized carbons (Fsp3) is 0.435. The smallest absolute Gasteiger partial charge is 0.203 e. The third-order valence-corrected chi connectivity index (χ3v) is 4.50. The van der Waals surface area contributed by atoms with Crippen LogP contribution in [-0.4, -0.2) is 47.0 Å². The van der Waals surface area contributed by atoms with Crippen LogP contribution in [0.4, 0.5) is 0 Å². The van der Waals surface area contributed by atoms with Gasteiger partial charge in [-0.1, -0.05) is 24.3 Å². The van der Waals surface area contributed by atoms with E-state index in [1.165, 1.54) is 0 Å². The van der Waals surface area contributed by atoms with Gasteiger partial charge in [0.25, 0.3) is 0 Å². The molecule has 0 atom stereocenters. The van der Waals surface area contributed by atoms with Crippen LogP contribution in [0.5, 0.6) is 23.0 Å². The Balaban J connectivity index is 0.00000480. The molecule has 0 spiro atoms. The molecule has 2 N–H and O–H groups in total. The Bertz CT molecular complexity index is 830. The fourth-order valence-electron chi connectivity index (χ4n) is 3.11. The van der Waals surface area contributed by atoms with Crippen LogP contribution >= 0.6 is 24.0 Å². The van der Waals surface area contributed by atoms with Crippen LogP contribution in [0.15, 0.2) is 41.4 Å². The van der Waals surface area contributed by atoms with Crippen molar-refractivity contribution in [3.63, 3.8) is 0 Å². The summed E-state index contributed by atoms with van der Waals surface area (Å²) in [6.45, 7) is 6.65. The molecule has 0 aliphatic rings. The maximum absolute atomic E-state index is 5.69. The second-order valence-electron chi connectivity index (χ2n) is 6.41. The molecule has 8 heteroatoms. The molecule has 0 heterocycles. The average Bonchev–Trinajstić information content (AvgIpc) is 2.77. The third kappa shape index (κ3) is 7.68. The van der Waals surface area contributed by atoms with Gasteiger partial charge < -0.3 is 29.6 Å². The summed E-state index contributed by atoms with van der Waals surface area (Å²) in [4.78, 5) is 4.70. The van der Waals surface area contributed by atoms with Gasteiger partial charge in [0.05, 0.1) is 34.5 Å². The Hall–Kier alpha value is -2.36. The van der Waals surface area contributed by atoms with E-state index < -0.39 is 0 Å². The summed E-state index contributed by atoms with van der Waals surface area (Å²) >= 11 is 0. The number of nitrogens with one attached hydrogen (secondary N) is 2. The second-order valence-corrected chi connectivity index (χ2v) is 6.41. The van der Waals surface area contributed by atoms with Crippen molar-refractivity contribution in [3.8, 4) is 23.0 Å². The first-order chi connectivity index (χ1) is 14.7. The van der Waals surface area contributed by atoms with Crippen LogP contribution in [0, 0.1) is 0 Å². The molecule has 0 saturated heterocycles. The maximum atomic E-state index is 5.69. The molecule has 0 aliphatic carbocycles. The summed E-state index contributed by atoms with van der Waals surface area (Å²) in [5.41, 5.74) is 2.08. The highest BCUT2D eigenvalue weighted by atomic mass is 127. The van der Waals surface area contributed by atoms with E-state index in [2.05, 4.69) is 10.6 Å². The summed E-state index contributed by atoms with van der Waals surface area (Å²) in [6, 6.07) is 11.9. The molecular formula is C23H34IN3O4. The zero-order chi connectivity index (χ0) is 21.8. The molecule has 172 valence electrons. The first-order valence-corrected chi connectivity index (χ1v) is 10.2. The zero-order valence-corrected chi connectivity index (χ0v) is 21.3. The standard InChI is InChI=1S/C23H33N3O4.HI/c1-6-24-23(26-16-18-10-8-9-11-19(18)30-7-2)25-15-14-17-12-13-20(27-3)22(29-5)21(17)28-4;/h8-13H,6-7,14-16H2,1-5H3,(H2,24,25,26);1H. The average molecular weight is 543 g/mol. The van der Waals surface area contributed by atoms with Crippen LogP contribution in [0.25, 0.3) is 0 Å². The van der Waals surface area contributed by atoms with E-state index in [1.807, 2.05) is 50.2 Å². The van der Waals surface area contributed by atoms with Gasteiger partial charge >= 0.3 is 0 Å². The molecule has 31 heavy (non-hydrogen) atoms. The van der Waals surface area contributed by atoms with Crippen molar-refractivity contribution in [2.75, 3.05) is 41.0 Å². The highest BCUT2D eigenvalue weighted by Gasteiger charge is 2.15. The van der Waals surface area contributed by atoms with E-state index in [9.17, 15) is 0 Å². The van der Waals surface area contributed by atoms with Gasteiger partial charge in [0.1, 0.15) is 5.75 Å². The minimum atomic E-state index is 0. The van der Waals surface area contributed by atoms with Crippen molar-refractivity contribution in [2.45, 2.75) is 26.8 Å². The topological polar surface area (TPSA) is 73.3 Å². The SMILES string of the molecule is CCNC(=NCc1ccccc1OCC)NCCc1ccc(OC)c(OC)c1OC.I. The summed E-state index contributed by atoms with van der Waals surface area (Å²) in [5, 5.41) is 6.66. The van der Waals surface area contributed by atoms with E-state index in [-0.39, 0.29) is 24.0 Å². The highest BCUT2D eigenvalue weighted by molar-refractivity contribution is 14.0.